The van der Waals surface area contributed by atoms with Crippen LogP contribution in [0.2, 0.25) is 0 Å². The number of likely N-dealkylation sites (tertiary alicyclic amines) is 1. The SMILES string of the molecule is Cc1ccc([C@@H]2[C@@H](C(=O)NC[C@@H]3CCCO3)CC(=O)N2C)cc1. The number of rotatable bonds is 4. The molecule has 5 heteroatoms. The van der Waals surface area contributed by atoms with Crippen LogP contribution in [0.15, 0.2) is 24.3 Å². The first-order chi connectivity index (χ1) is 11.1. The normalized spacial score (nSPS) is 27.5. The molecular formula is C18H24N2O3. The third-order valence-corrected chi connectivity index (χ3v) is 4.87. The van der Waals surface area contributed by atoms with Crippen molar-refractivity contribution in [3.8, 4) is 0 Å². The van der Waals surface area contributed by atoms with Crippen LogP contribution in [0.4, 0.5) is 0 Å². The van der Waals surface area contributed by atoms with Crippen LogP contribution in [-0.2, 0) is 14.3 Å². The molecule has 2 heterocycles. The molecule has 0 saturated carbocycles. The van der Waals surface area contributed by atoms with Crippen molar-refractivity contribution in [1.29, 1.82) is 0 Å². The predicted octanol–water partition coefficient (Wildman–Crippen LogP) is 1.81. The van der Waals surface area contributed by atoms with Gasteiger partial charge in [0, 0.05) is 26.6 Å². The molecule has 0 aromatic heterocycles. The number of benzene rings is 1. The Balaban J connectivity index is 1.71. The highest BCUT2D eigenvalue weighted by Gasteiger charge is 2.42. The molecule has 0 bridgehead atoms. The van der Waals surface area contributed by atoms with Gasteiger partial charge in [-0.2, -0.15) is 0 Å². The van der Waals surface area contributed by atoms with E-state index in [4.69, 9.17) is 4.74 Å². The average molecular weight is 316 g/mol. The number of hydrogen-bond donors (Lipinski definition) is 1. The molecule has 1 aromatic rings. The fourth-order valence-electron chi connectivity index (χ4n) is 3.48. The molecule has 2 amide bonds. The number of carbonyl (C=O) groups is 2. The summed E-state index contributed by atoms with van der Waals surface area (Å²) in [6, 6.07) is 7.87. The van der Waals surface area contributed by atoms with Crippen LogP contribution in [0.1, 0.15) is 36.4 Å². The molecular weight excluding hydrogens is 292 g/mol. The Morgan fingerprint density at radius 1 is 1.35 bits per heavy atom. The molecule has 0 aliphatic carbocycles. The van der Waals surface area contributed by atoms with Gasteiger partial charge in [0.25, 0.3) is 0 Å². The first-order valence-electron chi connectivity index (χ1n) is 8.28. The number of hydrogen-bond acceptors (Lipinski definition) is 3. The largest absolute Gasteiger partial charge is 0.376 e. The average Bonchev–Trinajstić information content (AvgIpc) is 3.15. The number of ether oxygens (including phenoxy) is 1. The maximum Gasteiger partial charge on any atom is 0.226 e. The fraction of sp³-hybridized carbons (Fsp3) is 0.556. The molecule has 3 rings (SSSR count). The monoisotopic (exact) mass is 316 g/mol. The molecule has 0 radical (unpaired) electrons. The lowest BCUT2D eigenvalue weighted by molar-refractivity contribution is -0.128. The summed E-state index contributed by atoms with van der Waals surface area (Å²) in [6.07, 6.45) is 2.43. The van der Waals surface area contributed by atoms with E-state index in [0.717, 1.165) is 25.0 Å². The molecule has 1 aromatic carbocycles. The summed E-state index contributed by atoms with van der Waals surface area (Å²) >= 11 is 0. The third kappa shape index (κ3) is 3.39. The quantitative estimate of drug-likeness (QED) is 0.921. The van der Waals surface area contributed by atoms with Gasteiger partial charge < -0.3 is 15.0 Å². The van der Waals surface area contributed by atoms with Gasteiger partial charge in [0.2, 0.25) is 11.8 Å². The summed E-state index contributed by atoms with van der Waals surface area (Å²) in [7, 11) is 1.78. The van der Waals surface area contributed by atoms with Crippen molar-refractivity contribution in [3.63, 3.8) is 0 Å². The van der Waals surface area contributed by atoms with Gasteiger partial charge >= 0.3 is 0 Å². The van der Waals surface area contributed by atoms with Crippen LogP contribution in [-0.4, -0.2) is 43.0 Å². The van der Waals surface area contributed by atoms with Crippen LogP contribution in [0.3, 0.4) is 0 Å². The van der Waals surface area contributed by atoms with E-state index >= 15 is 0 Å². The zero-order chi connectivity index (χ0) is 16.4. The Morgan fingerprint density at radius 2 is 2.09 bits per heavy atom. The lowest BCUT2D eigenvalue weighted by Crippen LogP contribution is -2.38. The second-order valence-corrected chi connectivity index (χ2v) is 6.55. The van der Waals surface area contributed by atoms with E-state index in [2.05, 4.69) is 5.32 Å². The summed E-state index contributed by atoms with van der Waals surface area (Å²) in [4.78, 5) is 26.4. The van der Waals surface area contributed by atoms with Gasteiger partial charge in [-0.3, -0.25) is 9.59 Å². The van der Waals surface area contributed by atoms with Gasteiger partial charge in [-0.25, -0.2) is 0 Å². The second-order valence-electron chi connectivity index (χ2n) is 6.55. The van der Waals surface area contributed by atoms with Crippen molar-refractivity contribution in [3.05, 3.63) is 35.4 Å². The summed E-state index contributed by atoms with van der Waals surface area (Å²) < 4.78 is 5.54. The summed E-state index contributed by atoms with van der Waals surface area (Å²) in [5.74, 6) is -0.367. The zero-order valence-electron chi connectivity index (χ0n) is 13.7. The van der Waals surface area contributed by atoms with Crippen molar-refractivity contribution >= 4 is 11.8 Å². The van der Waals surface area contributed by atoms with Gasteiger partial charge in [-0.1, -0.05) is 29.8 Å². The van der Waals surface area contributed by atoms with Crippen molar-refractivity contribution in [2.45, 2.75) is 38.3 Å². The summed E-state index contributed by atoms with van der Waals surface area (Å²) in [6.45, 7) is 3.34. The molecule has 0 spiro atoms. The molecule has 2 fully saturated rings. The standard InChI is InChI=1S/C18H24N2O3/c1-12-5-7-13(8-6-12)17-15(10-16(21)20(17)2)18(22)19-11-14-4-3-9-23-14/h5-8,14-15,17H,3-4,9-11H2,1-2H3,(H,19,22)/t14-,15-,17+/m0/s1. The lowest BCUT2D eigenvalue weighted by atomic mass is 9.92. The van der Waals surface area contributed by atoms with E-state index in [9.17, 15) is 9.59 Å². The second kappa shape index (κ2) is 6.71. The van der Waals surface area contributed by atoms with E-state index in [1.807, 2.05) is 31.2 Å². The highest BCUT2D eigenvalue weighted by atomic mass is 16.5. The molecule has 2 aliphatic heterocycles. The molecule has 23 heavy (non-hydrogen) atoms. The Kier molecular flexibility index (Phi) is 4.66. The zero-order valence-corrected chi connectivity index (χ0v) is 13.7. The van der Waals surface area contributed by atoms with Gasteiger partial charge in [-0.05, 0) is 25.3 Å². The molecule has 0 unspecified atom stereocenters. The smallest absolute Gasteiger partial charge is 0.226 e. The van der Waals surface area contributed by atoms with Gasteiger partial charge in [0.05, 0.1) is 18.1 Å². The molecule has 124 valence electrons. The van der Waals surface area contributed by atoms with E-state index in [0.29, 0.717) is 6.54 Å². The first kappa shape index (κ1) is 16.0. The fourth-order valence-corrected chi connectivity index (χ4v) is 3.48. The van der Waals surface area contributed by atoms with E-state index in [1.165, 1.54) is 5.56 Å². The minimum absolute atomic E-state index is 0.0211. The van der Waals surface area contributed by atoms with Crippen LogP contribution < -0.4 is 5.32 Å². The first-order valence-corrected chi connectivity index (χ1v) is 8.28. The number of nitrogens with zero attached hydrogens (tertiary/aromatic N) is 1. The number of amides is 2. The summed E-state index contributed by atoms with van der Waals surface area (Å²) in [5, 5.41) is 2.98. The molecule has 5 nitrogen and oxygen atoms in total. The van der Waals surface area contributed by atoms with Crippen molar-refractivity contribution in [2.24, 2.45) is 5.92 Å². The number of nitrogens with one attached hydrogen (secondary N) is 1. The van der Waals surface area contributed by atoms with Gasteiger partial charge in [0.15, 0.2) is 0 Å². The highest BCUT2D eigenvalue weighted by molar-refractivity contribution is 5.90. The molecule has 1 N–H and O–H groups in total. The Bertz CT molecular complexity index is 578. The van der Waals surface area contributed by atoms with Crippen molar-refractivity contribution in [2.75, 3.05) is 20.2 Å². The minimum atomic E-state index is -0.336. The maximum absolute atomic E-state index is 12.6. The van der Waals surface area contributed by atoms with Gasteiger partial charge in [0.1, 0.15) is 0 Å². The Hall–Kier alpha value is -1.88. The Morgan fingerprint density at radius 3 is 2.74 bits per heavy atom. The number of carbonyl (C=O) groups excluding carboxylic acids is 2. The van der Waals surface area contributed by atoms with Crippen molar-refractivity contribution in [1.82, 2.24) is 10.2 Å². The molecule has 2 aliphatic rings. The number of aryl methyl sites for hydroxylation is 1. The van der Waals surface area contributed by atoms with Crippen molar-refractivity contribution < 1.29 is 14.3 Å². The maximum atomic E-state index is 12.6. The topological polar surface area (TPSA) is 58.6 Å². The van der Waals surface area contributed by atoms with E-state index in [-0.39, 0.29) is 36.3 Å². The third-order valence-electron chi connectivity index (χ3n) is 4.87. The van der Waals surface area contributed by atoms with Crippen LogP contribution >= 0.6 is 0 Å². The highest BCUT2D eigenvalue weighted by Crippen LogP contribution is 2.37. The van der Waals surface area contributed by atoms with E-state index < -0.39 is 0 Å². The van der Waals surface area contributed by atoms with Crippen LogP contribution in [0.5, 0.6) is 0 Å². The molecule has 2 saturated heterocycles. The summed E-state index contributed by atoms with van der Waals surface area (Å²) in [5.41, 5.74) is 2.18. The predicted molar refractivity (Wildman–Crippen MR) is 86.8 cm³/mol. The van der Waals surface area contributed by atoms with Gasteiger partial charge in [-0.15, -0.1) is 0 Å². The van der Waals surface area contributed by atoms with E-state index in [1.54, 1.807) is 11.9 Å². The van der Waals surface area contributed by atoms with Crippen LogP contribution in [0.25, 0.3) is 0 Å². The lowest BCUT2D eigenvalue weighted by Gasteiger charge is -2.25. The van der Waals surface area contributed by atoms with Crippen LogP contribution in [0, 0.1) is 12.8 Å². The molecule has 3 atom stereocenters. The Labute approximate surface area is 137 Å². The minimum Gasteiger partial charge on any atom is -0.376 e.